The van der Waals surface area contributed by atoms with Crippen LogP contribution in [0.3, 0.4) is 0 Å². The topological polar surface area (TPSA) is 50.2 Å². The zero-order valence-electron chi connectivity index (χ0n) is 12.0. The number of furan rings is 1. The first kappa shape index (κ1) is 13.9. The Balaban J connectivity index is 1.31. The van der Waals surface area contributed by atoms with Crippen LogP contribution >= 0.6 is 0 Å². The van der Waals surface area contributed by atoms with Gasteiger partial charge < -0.3 is 19.5 Å². The second-order valence-electron chi connectivity index (χ2n) is 5.06. The second kappa shape index (κ2) is 7.11. The van der Waals surface area contributed by atoms with Crippen LogP contribution in [0.15, 0.2) is 53.3 Å². The molecule has 0 saturated carbocycles. The van der Waals surface area contributed by atoms with Crippen LogP contribution in [-0.2, 0) is 17.9 Å². The van der Waals surface area contributed by atoms with Crippen LogP contribution in [0.4, 0.5) is 0 Å². The molecule has 110 valence electrons. The SMILES string of the molecule is c1coc(COCCCNCc2ccc3cc[nH]c3c2)c1. The molecule has 0 amide bonds. The van der Waals surface area contributed by atoms with Crippen molar-refractivity contribution in [2.75, 3.05) is 13.2 Å². The fourth-order valence-corrected chi connectivity index (χ4v) is 2.30. The molecule has 3 rings (SSSR count). The first-order valence-corrected chi connectivity index (χ1v) is 7.29. The van der Waals surface area contributed by atoms with Crippen LogP contribution in [0.1, 0.15) is 17.7 Å². The van der Waals surface area contributed by atoms with Crippen molar-refractivity contribution in [1.82, 2.24) is 10.3 Å². The highest BCUT2D eigenvalue weighted by molar-refractivity contribution is 5.79. The Morgan fingerprint density at radius 1 is 1.19 bits per heavy atom. The van der Waals surface area contributed by atoms with Gasteiger partial charge in [-0.3, -0.25) is 0 Å². The number of hydrogen-bond donors (Lipinski definition) is 2. The van der Waals surface area contributed by atoms with Crippen LogP contribution in [0.2, 0.25) is 0 Å². The van der Waals surface area contributed by atoms with E-state index < -0.39 is 0 Å². The summed E-state index contributed by atoms with van der Waals surface area (Å²) in [4.78, 5) is 3.23. The molecular formula is C17H20N2O2. The lowest BCUT2D eigenvalue weighted by atomic mass is 10.1. The predicted molar refractivity (Wildman–Crippen MR) is 83.0 cm³/mol. The van der Waals surface area contributed by atoms with E-state index >= 15 is 0 Å². The summed E-state index contributed by atoms with van der Waals surface area (Å²) in [5.41, 5.74) is 2.48. The number of H-pyrrole nitrogens is 1. The van der Waals surface area contributed by atoms with Crippen LogP contribution in [0.5, 0.6) is 0 Å². The standard InChI is InChI=1S/C17H20N2O2/c1-3-16(21-10-1)13-20-9-2-7-18-12-14-4-5-15-6-8-19-17(15)11-14/h1,3-6,8,10-11,18-19H,2,7,9,12-13H2. The number of hydrogen-bond acceptors (Lipinski definition) is 3. The molecule has 0 aliphatic heterocycles. The lowest BCUT2D eigenvalue weighted by Gasteiger charge is -2.06. The van der Waals surface area contributed by atoms with Crippen LogP contribution in [0, 0.1) is 0 Å². The molecule has 0 aliphatic rings. The van der Waals surface area contributed by atoms with Gasteiger partial charge in [0.1, 0.15) is 12.4 Å². The monoisotopic (exact) mass is 284 g/mol. The van der Waals surface area contributed by atoms with E-state index in [-0.39, 0.29) is 0 Å². The van der Waals surface area contributed by atoms with Gasteiger partial charge in [0.2, 0.25) is 0 Å². The smallest absolute Gasteiger partial charge is 0.129 e. The first-order chi connectivity index (χ1) is 10.4. The molecule has 0 fully saturated rings. The first-order valence-electron chi connectivity index (χ1n) is 7.29. The third-order valence-electron chi connectivity index (χ3n) is 3.42. The minimum Gasteiger partial charge on any atom is -0.467 e. The van der Waals surface area contributed by atoms with E-state index in [4.69, 9.17) is 9.15 Å². The summed E-state index contributed by atoms with van der Waals surface area (Å²) in [5, 5.41) is 4.69. The number of rotatable bonds is 8. The van der Waals surface area contributed by atoms with E-state index in [9.17, 15) is 0 Å². The fourth-order valence-electron chi connectivity index (χ4n) is 2.30. The normalized spacial score (nSPS) is 11.2. The Kier molecular flexibility index (Phi) is 4.71. The van der Waals surface area contributed by atoms with Crippen molar-refractivity contribution in [1.29, 1.82) is 0 Å². The molecule has 4 heteroatoms. The Hall–Kier alpha value is -2.04. The number of benzene rings is 1. The van der Waals surface area contributed by atoms with E-state index in [2.05, 4.69) is 34.6 Å². The van der Waals surface area contributed by atoms with Crippen LogP contribution in [0.25, 0.3) is 10.9 Å². The molecule has 1 aromatic carbocycles. The number of aromatic nitrogens is 1. The molecule has 21 heavy (non-hydrogen) atoms. The fraction of sp³-hybridized carbons (Fsp3) is 0.294. The summed E-state index contributed by atoms with van der Waals surface area (Å²) in [6.07, 6.45) is 4.63. The summed E-state index contributed by atoms with van der Waals surface area (Å²) in [7, 11) is 0. The lowest BCUT2D eigenvalue weighted by Crippen LogP contribution is -2.16. The number of nitrogens with one attached hydrogen (secondary N) is 2. The van der Waals surface area contributed by atoms with E-state index in [0.717, 1.165) is 31.9 Å². The minimum absolute atomic E-state index is 0.552. The average molecular weight is 284 g/mol. The summed E-state index contributed by atoms with van der Waals surface area (Å²) < 4.78 is 10.7. The summed E-state index contributed by atoms with van der Waals surface area (Å²) in [5.74, 6) is 0.877. The minimum atomic E-state index is 0.552. The summed E-state index contributed by atoms with van der Waals surface area (Å²) in [6, 6.07) is 12.4. The average Bonchev–Trinajstić information content (AvgIpc) is 3.17. The van der Waals surface area contributed by atoms with Gasteiger partial charge in [0.25, 0.3) is 0 Å². The van der Waals surface area contributed by atoms with Gasteiger partial charge in [0.05, 0.1) is 6.26 Å². The molecule has 0 bridgehead atoms. The third-order valence-corrected chi connectivity index (χ3v) is 3.42. The highest BCUT2D eigenvalue weighted by Gasteiger charge is 1.98. The Morgan fingerprint density at radius 3 is 3.10 bits per heavy atom. The molecule has 2 N–H and O–H groups in total. The molecule has 0 spiro atoms. The van der Waals surface area contributed by atoms with E-state index in [1.165, 1.54) is 16.5 Å². The summed E-state index contributed by atoms with van der Waals surface area (Å²) in [6.45, 7) is 3.12. The van der Waals surface area contributed by atoms with Crippen molar-refractivity contribution >= 4 is 10.9 Å². The maximum Gasteiger partial charge on any atom is 0.129 e. The maximum atomic E-state index is 5.54. The number of aromatic amines is 1. The van der Waals surface area contributed by atoms with Gasteiger partial charge in [-0.2, -0.15) is 0 Å². The van der Waals surface area contributed by atoms with Crippen molar-refractivity contribution in [3.8, 4) is 0 Å². The van der Waals surface area contributed by atoms with Gasteiger partial charge in [0.15, 0.2) is 0 Å². The Labute approximate surface area is 124 Å². The Morgan fingerprint density at radius 2 is 2.19 bits per heavy atom. The predicted octanol–water partition coefficient (Wildman–Crippen LogP) is 3.46. The van der Waals surface area contributed by atoms with Crippen molar-refractivity contribution in [3.63, 3.8) is 0 Å². The molecular weight excluding hydrogens is 264 g/mol. The van der Waals surface area contributed by atoms with Gasteiger partial charge >= 0.3 is 0 Å². The quantitative estimate of drug-likeness (QED) is 0.623. The zero-order chi connectivity index (χ0) is 14.3. The van der Waals surface area contributed by atoms with Crippen molar-refractivity contribution in [2.24, 2.45) is 0 Å². The van der Waals surface area contributed by atoms with Crippen LogP contribution in [-0.4, -0.2) is 18.1 Å². The number of ether oxygens (including phenoxy) is 1. The van der Waals surface area contributed by atoms with Crippen LogP contribution < -0.4 is 5.32 Å². The molecule has 0 radical (unpaired) electrons. The molecule has 4 nitrogen and oxygen atoms in total. The summed E-state index contributed by atoms with van der Waals surface area (Å²) >= 11 is 0. The van der Waals surface area contributed by atoms with Gasteiger partial charge in [0, 0.05) is 24.9 Å². The van der Waals surface area contributed by atoms with Crippen molar-refractivity contribution in [2.45, 2.75) is 19.6 Å². The van der Waals surface area contributed by atoms with E-state index in [1.54, 1.807) is 6.26 Å². The largest absolute Gasteiger partial charge is 0.467 e. The lowest BCUT2D eigenvalue weighted by molar-refractivity contribution is 0.104. The molecule has 2 aromatic heterocycles. The van der Waals surface area contributed by atoms with Gasteiger partial charge in [-0.25, -0.2) is 0 Å². The second-order valence-corrected chi connectivity index (χ2v) is 5.06. The highest BCUT2D eigenvalue weighted by atomic mass is 16.5. The van der Waals surface area contributed by atoms with Gasteiger partial charge in [-0.05, 0) is 48.2 Å². The molecule has 0 aliphatic carbocycles. The molecule has 0 atom stereocenters. The van der Waals surface area contributed by atoms with E-state index in [0.29, 0.717) is 6.61 Å². The maximum absolute atomic E-state index is 5.54. The molecule has 0 unspecified atom stereocenters. The molecule has 0 saturated heterocycles. The van der Waals surface area contributed by atoms with Gasteiger partial charge in [-0.15, -0.1) is 0 Å². The molecule has 2 heterocycles. The number of fused-ring (bicyclic) bond motifs is 1. The molecule has 3 aromatic rings. The highest BCUT2D eigenvalue weighted by Crippen LogP contribution is 2.13. The zero-order valence-corrected chi connectivity index (χ0v) is 12.0. The van der Waals surface area contributed by atoms with Crippen molar-refractivity contribution in [3.05, 3.63) is 60.2 Å². The Bertz CT molecular complexity index is 658. The van der Waals surface area contributed by atoms with Crippen molar-refractivity contribution < 1.29 is 9.15 Å². The van der Waals surface area contributed by atoms with E-state index in [1.807, 2.05) is 18.3 Å². The van der Waals surface area contributed by atoms with Gasteiger partial charge in [-0.1, -0.05) is 12.1 Å². The third kappa shape index (κ3) is 3.97.